The van der Waals surface area contributed by atoms with Crippen LogP contribution in [0.2, 0.25) is 0 Å². The van der Waals surface area contributed by atoms with Gasteiger partial charge in [0.05, 0.1) is 28.4 Å². The largest absolute Gasteiger partial charge is 0.393 e. The van der Waals surface area contributed by atoms with E-state index in [4.69, 9.17) is 10.8 Å². The Morgan fingerprint density at radius 2 is 1.83 bits per heavy atom. The summed E-state index contributed by atoms with van der Waals surface area (Å²) in [7, 11) is 0. The number of amides is 2. The van der Waals surface area contributed by atoms with Crippen LogP contribution < -0.4 is 5.73 Å². The van der Waals surface area contributed by atoms with E-state index in [0.717, 1.165) is 74.3 Å². The summed E-state index contributed by atoms with van der Waals surface area (Å²) in [5.74, 6) is 1.79. The van der Waals surface area contributed by atoms with Crippen molar-refractivity contribution in [3.63, 3.8) is 0 Å². The monoisotopic (exact) mass is 620 g/mol. The number of aryl methyl sites for hydroxylation is 1. The molecule has 5 fully saturated rings. The summed E-state index contributed by atoms with van der Waals surface area (Å²) >= 11 is 0. The second-order valence-electron chi connectivity index (χ2n) is 15.0. The smallest absolute Gasteiger partial charge is 0.255 e. The maximum atomic E-state index is 13.6. The number of benzene rings is 1. The first-order valence-corrected chi connectivity index (χ1v) is 17.5. The topological polar surface area (TPSA) is 109 Å². The highest BCUT2D eigenvalue weighted by Gasteiger charge is 2.47. The highest BCUT2D eigenvalue weighted by Crippen LogP contribution is 2.42. The Bertz CT molecular complexity index is 1860. The molecule has 2 amide bonds. The molecule has 1 aromatic carbocycles. The molecule has 3 aromatic heterocycles. The zero-order valence-electron chi connectivity index (χ0n) is 26.6. The van der Waals surface area contributed by atoms with Crippen molar-refractivity contribution in [3.05, 3.63) is 59.3 Å². The minimum atomic E-state index is -0.303. The zero-order chi connectivity index (χ0) is 31.3. The highest BCUT2D eigenvalue weighted by molar-refractivity contribution is 5.95. The van der Waals surface area contributed by atoms with E-state index >= 15 is 0 Å². The molecule has 5 aliphatic rings. The lowest BCUT2D eigenvalue weighted by Gasteiger charge is -2.38. The molecular formula is C37H44N6O3. The molecule has 9 rings (SSSR count). The number of aromatic nitrogens is 3. The molecule has 3 atom stereocenters. The number of nitrogens with zero attached hydrogens (tertiary/aromatic N) is 5. The average Bonchev–Trinajstić information content (AvgIpc) is 3.45. The van der Waals surface area contributed by atoms with E-state index in [9.17, 15) is 14.7 Å². The first kappa shape index (κ1) is 28.5. The molecule has 2 saturated heterocycles. The van der Waals surface area contributed by atoms with E-state index in [1.54, 1.807) is 0 Å². The van der Waals surface area contributed by atoms with Crippen LogP contribution in [0, 0.1) is 24.7 Å². The molecule has 4 aromatic rings. The summed E-state index contributed by atoms with van der Waals surface area (Å²) in [6.07, 6.45) is 9.39. The van der Waals surface area contributed by atoms with Gasteiger partial charge in [0.15, 0.2) is 0 Å². The Morgan fingerprint density at radius 1 is 1.02 bits per heavy atom. The lowest BCUT2D eigenvalue weighted by molar-refractivity contribution is -0.143. The van der Waals surface area contributed by atoms with Gasteiger partial charge in [-0.05, 0) is 99.8 Å². The number of carbonyl (C=O) groups is 2. The molecule has 3 aliphatic carbocycles. The average molecular weight is 621 g/mol. The zero-order valence-corrected chi connectivity index (χ0v) is 26.6. The predicted molar refractivity (Wildman–Crippen MR) is 176 cm³/mol. The van der Waals surface area contributed by atoms with Gasteiger partial charge in [-0.3, -0.25) is 9.59 Å². The summed E-state index contributed by atoms with van der Waals surface area (Å²) in [5, 5.41) is 16.1. The molecule has 9 nitrogen and oxygen atoms in total. The predicted octanol–water partition coefficient (Wildman–Crippen LogP) is 4.71. The van der Waals surface area contributed by atoms with Gasteiger partial charge in [-0.15, -0.1) is 0 Å². The number of rotatable bonds is 6. The van der Waals surface area contributed by atoms with Crippen molar-refractivity contribution in [2.24, 2.45) is 23.5 Å². The summed E-state index contributed by atoms with van der Waals surface area (Å²) in [6, 6.07) is 13.3. The van der Waals surface area contributed by atoms with Gasteiger partial charge in [0.2, 0.25) is 5.91 Å². The number of piperidine rings is 2. The summed E-state index contributed by atoms with van der Waals surface area (Å²) < 4.78 is 4.43. The molecule has 2 aliphatic heterocycles. The summed E-state index contributed by atoms with van der Waals surface area (Å²) in [6.45, 7) is 5.44. The van der Waals surface area contributed by atoms with Crippen LogP contribution in [0.25, 0.3) is 27.8 Å². The van der Waals surface area contributed by atoms with Crippen LogP contribution in [0.1, 0.15) is 78.8 Å². The van der Waals surface area contributed by atoms with E-state index in [1.807, 2.05) is 32.6 Å². The number of aliphatic hydroxyl groups is 1. The maximum absolute atomic E-state index is 13.6. The van der Waals surface area contributed by atoms with Crippen molar-refractivity contribution >= 4 is 28.2 Å². The second kappa shape index (κ2) is 10.7. The van der Waals surface area contributed by atoms with Crippen LogP contribution in [0.5, 0.6) is 0 Å². The van der Waals surface area contributed by atoms with Gasteiger partial charge in [-0.25, -0.2) is 4.52 Å². The first-order chi connectivity index (χ1) is 22.3. The number of hydrogen-bond acceptors (Lipinski definition) is 5. The molecule has 0 radical (unpaired) electrons. The van der Waals surface area contributed by atoms with Gasteiger partial charge < -0.3 is 25.2 Å². The molecule has 3 N–H and O–H groups in total. The number of likely N-dealkylation sites (tertiary alicyclic amines) is 2. The fourth-order valence-electron chi connectivity index (χ4n) is 9.08. The van der Waals surface area contributed by atoms with E-state index in [-0.39, 0.29) is 35.9 Å². The highest BCUT2D eigenvalue weighted by atomic mass is 16.3. The van der Waals surface area contributed by atoms with Crippen LogP contribution in [0.3, 0.4) is 0 Å². The van der Waals surface area contributed by atoms with Gasteiger partial charge >= 0.3 is 0 Å². The number of nitrogens with two attached hydrogens (primary N) is 1. The molecule has 3 saturated carbocycles. The van der Waals surface area contributed by atoms with Crippen molar-refractivity contribution in [3.8, 4) is 11.4 Å². The van der Waals surface area contributed by atoms with Gasteiger partial charge in [0.25, 0.3) is 5.91 Å². The Balaban J connectivity index is 1.04. The van der Waals surface area contributed by atoms with Crippen molar-refractivity contribution in [2.45, 2.75) is 88.9 Å². The number of pyridine rings is 1. The Morgan fingerprint density at radius 3 is 2.52 bits per heavy atom. The van der Waals surface area contributed by atoms with Crippen LogP contribution in [0.15, 0.2) is 42.6 Å². The molecule has 9 heteroatoms. The maximum Gasteiger partial charge on any atom is 0.255 e. The number of aliphatic hydroxyl groups excluding tert-OH is 1. The van der Waals surface area contributed by atoms with Gasteiger partial charge in [-0.2, -0.15) is 5.10 Å². The molecular weight excluding hydrogens is 576 g/mol. The van der Waals surface area contributed by atoms with Crippen LogP contribution in [-0.2, 0) is 11.3 Å². The lowest BCUT2D eigenvalue weighted by atomic mass is 9.80. The minimum absolute atomic E-state index is 0.00445. The van der Waals surface area contributed by atoms with E-state index in [1.165, 1.54) is 29.3 Å². The van der Waals surface area contributed by atoms with E-state index in [2.05, 4.69) is 35.8 Å². The van der Waals surface area contributed by atoms with E-state index in [0.29, 0.717) is 36.2 Å². The molecule has 46 heavy (non-hydrogen) atoms. The Hall–Kier alpha value is -3.69. The molecule has 2 unspecified atom stereocenters. The number of para-hydroxylation sites is 1. The molecule has 0 spiro atoms. The third kappa shape index (κ3) is 4.53. The molecule has 5 heterocycles. The SMILES string of the molecule is Cc1c(-c2cc3cccc(C4CCN(C(=O)C5CC(O)C5)CC4)c3n2CC2CC2)nn2cc(C(=O)N3CC4CCC3[C@@H]4N)ccc12. The van der Waals surface area contributed by atoms with Gasteiger partial charge in [0, 0.05) is 61.3 Å². The Kier molecular flexibility index (Phi) is 6.62. The van der Waals surface area contributed by atoms with Crippen LogP contribution in [0.4, 0.5) is 0 Å². The number of carbonyl (C=O) groups excluding carboxylic acids is 2. The van der Waals surface area contributed by atoms with Crippen LogP contribution >= 0.6 is 0 Å². The fourth-order valence-corrected chi connectivity index (χ4v) is 9.08. The van der Waals surface area contributed by atoms with Gasteiger partial charge in [-0.1, -0.05) is 18.2 Å². The standard InChI is InChI=1S/C37H44N6O3/c1-21-30-9-8-26(37(46)42-19-25-7-10-31(42)33(25)38)20-43(30)39-34(21)32-17-24-3-2-4-29(35(24)41(32)18-22-5-6-22)23-11-13-40(14-12-23)36(45)27-15-28(44)16-27/h2-4,8-9,17,20,22-23,25,27-28,31,33,44H,5-7,10-16,18-19,38H2,1H3/t25?,27?,28?,31?,33-/m1/s1. The fraction of sp³-hybridized carbons (Fsp3) is 0.541. The third-order valence-corrected chi connectivity index (χ3v) is 12.1. The molecule has 240 valence electrons. The van der Waals surface area contributed by atoms with Gasteiger partial charge in [0.1, 0.15) is 5.69 Å². The first-order valence-electron chi connectivity index (χ1n) is 17.5. The number of fused-ring (bicyclic) bond motifs is 4. The molecule has 2 bridgehead atoms. The van der Waals surface area contributed by atoms with Crippen molar-refractivity contribution in [2.75, 3.05) is 19.6 Å². The third-order valence-electron chi connectivity index (χ3n) is 12.1. The summed E-state index contributed by atoms with van der Waals surface area (Å²) in [5.41, 5.74) is 14.0. The quantitative estimate of drug-likeness (QED) is 0.325. The number of hydrogen-bond donors (Lipinski definition) is 2. The minimum Gasteiger partial charge on any atom is -0.393 e. The normalized spacial score (nSPS) is 28.0. The second-order valence-corrected chi connectivity index (χ2v) is 15.0. The van der Waals surface area contributed by atoms with Crippen molar-refractivity contribution < 1.29 is 14.7 Å². The summed E-state index contributed by atoms with van der Waals surface area (Å²) in [4.78, 5) is 30.6. The van der Waals surface area contributed by atoms with E-state index < -0.39 is 0 Å². The van der Waals surface area contributed by atoms with Crippen molar-refractivity contribution in [1.29, 1.82) is 0 Å². The van der Waals surface area contributed by atoms with Crippen molar-refractivity contribution in [1.82, 2.24) is 24.0 Å². The van der Waals surface area contributed by atoms with Crippen LogP contribution in [-0.4, -0.2) is 78.7 Å². The lowest BCUT2D eigenvalue weighted by Crippen LogP contribution is -2.46. The Labute approximate surface area is 269 Å².